The summed E-state index contributed by atoms with van der Waals surface area (Å²) in [4.78, 5) is 35.1. The molecule has 2 atom stereocenters. The Morgan fingerprint density at radius 2 is 0.797 bits per heavy atom. The minimum Gasteiger partial charge on any atom is -0.462 e. The Hall–Kier alpha value is -2.55. The maximum Gasteiger partial charge on any atom is 0.472 e. The normalized spacial score (nSPS) is 13.6. The summed E-state index contributed by atoms with van der Waals surface area (Å²) in [5, 5.41) is 0. The molecule has 0 saturated heterocycles. The number of phosphoric ester groups is 1. The Balaban J connectivity index is 3.92. The molecule has 0 rings (SSSR count). The van der Waals surface area contributed by atoms with E-state index < -0.39 is 26.5 Å². The molecule has 10 heteroatoms. The second kappa shape index (κ2) is 54.8. The van der Waals surface area contributed by atoms with Crippen LogP contribution in [0.25, 0.3) is 0 Å². The average molecular weight is 988 g/mol. The fourth-order valence-electron chi connectivity index (χ4n) is 7.89. The van der Waals surface area contributed by atoms with Gasteiger partial charge in [0.15, 0.2) is 6.10 Å². The molecule has 0 aliphatic carbocycles. The van der Waals surface area contributed by atoms with Crippen molar-refractivity contribution >= 4 is 19.8 Å². The number of ether oxygens (including phenoxy) is 2. The van der Waals surface area contributed by atoms with Gasteiger partial charge in [-0.1, -0.05) is 234 Å². The molecule has 0 radical (unpaired) electrons. The quantitative estimate of drug-likeness (QED) is 0.0264. The molecule has 9 nitrogen and oxygen atoms in total. The number of hydrogen-bond acceptors (Lipinski definition) is 8. The van der Waals surface area contributed by atoms with Gasteiger partial charge in [-0.3, -0.25) is 18.6 Å². The number of rotatable bonds is 53. The van der Waals surface area contributed by atoms with Gasteiger partial charge < -0.3 is 20.1 Å². The SMILES string of the molecule is CC/C=C\C/C=C\C/C=C\C/C=C\CCCCCCC(=O)OC(COC(=O)CCCCCCCCCCCCCCCCCCCCC/C=C\C/C=C\CCCCCCC)COP(=O)(O)OCCN. The lowest BCUT2D eigenvalue weighted by Crippen LogP contribution is -2.29. The van der Waals surface area contributed by atoms with E-state index in [9.17, 15) is 19.0 Å². The molecule has 0 fully saturated rings. The van der Waals surface area contributed by atoms with Gasteiger partial charge in [-0.15, -0.1) is 0 Å². The van der Waals surface area contributed by atoms with Crippen molar-refractivity contribution < 1.29 is 37.6 Å². The van der Waals surface area contributed by atoms with Crippen LogP contribution in [-0.2, 0) is 32.7 Å². The van der Waals surface area contributed by atoms with Crippen molar-refractivity contribution in [2.24, 2.45) is 5.73 Å². The molecule has 0 aromatic carbocycles. The molecule has 0 bridgehead atoms. The number of hydrogen-bond donors (Lipinski definition) is 2. The monoisotopic (exact) mass is 988 g/mol. The molecule has 0 spiro atoms. The van der Waals surface area contributed by atoms with E-state index in [2.05, 4.69) is 86.8 Å². The Morgan fingerprint density at radius 1 is 0.449 bits per heavy atom. The Labute approximate surface area is 424 Å². The molecule has 2 unspecified atom stereocenters. The highest BCUT2D eigenvalue weighted by atomic mass is 31.2. The zero-order valence-electron chi connectivity index (χ0n) is 44.5. The van der Waals surface area contributed by atoms with E-state index in [0.29, 0.717) is 6.42 Å². The lowest BCUT2D eigenvalue weighted by atomic mass is 10.0. The first-order valence-corrected chi connectivity index (χ1v) is 29.9. The molecule has 0 heterocycles. The maximum atomic E-state index is 12.6. The van der Waals surface area contributed by atoms with Crippen molar-refractivity contribution in [3.63, 3.8) is 0 Å². The molecule has 3 N–H and O–H groups in total. The summed E-state index contributed by atoms with van der Waals surface area (Å²) in [6.45, 7) is 3.60. The van der Waals surface area contributed by atoms with E-state index in [1.165, 1.54) is 148 Å². The Bertz CT molecular complexity index is 1360. The number of allylic oxidation sites excluding steroid dienone is 12. The zero-order chi connectivity index (χ0) is 50.2. The van der Waals surface area contributed by atoms with E-state index >= 15 is 0 Å². The van der Waals surface area contributed by atoms with Crippen LogP contribution in [0.2, 0.25) is 0 Å². The number of carbonyl (C=O) groups is 2. The van der Waals surface area contributed by atoms with E-state index in [4.69, 9.17) is 24.3 Å². The molecule has 0 aliphatic heterocycles. The van der Waals surface area contributed by atoms with Crippen LogP contribution in [0.1, 0.15) is 258 Å². The predicted molar refractivity (Wildman–Crippen MR) is 293 cm³/mol. The molecule has 0 aliphatic rings. The second-order valence-electron chi connectivity index (χ2n) is 18.8. The van der Waals surface area contributed by atoms with Crippen LogP contribution in [-0.4, -0.2) is 49.3 Å². The smallest absolute Gasteiger partial charge is 0.462 e. The minimum atomic E-state index is -4.39. The second-order valence-corrected chi connectivity index (χ2v) is 20.2. The molecule has 0 aromatic heterocycles. The third kappa shape index (κ3) is 54.6. The van der Waals surface area contributed by atoms with Crippen LogP contribution < -0.4 is 5.73 Å². The Morgan fingerprint density at radius 3 is 1.19 bits per heavy atom. The van der Waals surface area contributed by atoms with Crippen LogP contribution in [0.5, 0.6) is 0 Å². The first-order chi connectivity index (χ1) is 33.8. The largest absolute Gasteiger partial charge is 0.472 e. The van der Waals surface area contributed by atoms with Gasteiger partial charge in [-0.25, -0.2) is 4.57 Å². The van der Waals surface area contributed by atoms with Crippen molar-refractivity contribution in [1.82, 2.24) is 0 Å². The van der Waals surface area contributed by atoms with Crippen LogP contribution >= 0.6 is 7.82 Å². The van der Waals surface area contributed by atoms with E-state index in [-0.39, 0.29) is 38.6 Å². The van der Waals surface area contributed by atoms with Gasteiger partial charge in [0.05, 0.1) is 13.2 Å². The third-order valence-corrected chi connectivity index (χ3v) is 13.1. The van der Waals surface area contributed by atoms with E-state index in [1.54, 1.807) is 0 Å². The van der Waals surface area contributed by atoms with Gasteiger partial charge in [0.25, 0.3) is 0 Å². The van der Waals surface area contributed by atoms with Gasteiger partial charge in [-0.05, 0) is 83.5 Å². The van der Waals surface area contributed by atoms with Crippen molar-refractivity contribution in [2.45, 2.75) is 264 Å². The van der Waals surface area contributed by atoms with Gasteiger partial charge in [0.1, 0.15) is 6.61 Å². The van der Waals surface area contributed by atoms with Gasteiger partial charge in [0.2, 0.25) is 0 Å². The number of phosphoric acid groups is 1. The highest BCUT2D eigenvalue weighted by Gasteiger charge is 2.26. The minimum absolute atomic E-state index is 0.0470. The summed E-state index contributed by atoms with van der Waals surface area (Å²) >= 11 is 0. The number of carbonyl (C=O) groups excluding carboxylic acids is 2. The van der Waals surface area contributed by atoms with Crippen LogP contribution in [0.3, 0.4) is 0 Å². The summed E-state index contributed by atoms with van der Waals surface area (Å²) in [5.41, 5.74) is 5.37. The van der Waals surface area contributed by atoms with Crippen molar-refractivity contribution in [3.05, 3.63) is 72.9 Å². The summed E-state index contributed by atoms with van der Waals surface area (Å²) in [6, 6.07) is 0. The van der Waals surface area contributed by atoms with Crippen LogP contribution in [0, 0.1) is 0 Å². The topological polar surface area (TPSA) is 134 Å². The van der Waals surface area contributed by atoms with Crippen molar-refractivity contribution in [2.75, 3.05) is 26.4 Å². The molecule has 0 aromatic rings. The van der Waals surface area contributed by atoms with Crippen molar-refractivity contribution in [3.8, 4) is 0 Å². The molecule has 0 amide bonds. The number of esters is 2. The maximum absolute atomic E-state index is 12.6. The first-order valence-electron chi connectivity index (χ1n) is 28.4. The fourth-order valence-corrected chi connectivity index (χ4v) is 8.66. The first kappa shape index (κ1) is 66.5. The number of nitrogens with two attached hydrogens (primary N) is 1. The van der Waals surface area contributed by atoms with Gasteiger partial charge in [0, 0.05) is 19.4 Å². The summed E-state index contributed by atoms with van der Waals surface area (Å²) < 4.78 is 33.0. The molecular formula is C59H106NO8P. The van der Waals surface area contributed by atoms with Crippen LogP contribution in [0.4, 0.5) is 0 Å². The highest BCUT2D eigenvalue weighted by Crippen LogP contribution is 2.43. The highest BCUT2D eigenvalue weighted by molar-refractivity contribution is 7.47. The zero-order valence-corrected chi connectivity index (χ0v) is 45.4. The standard InChI is InChI=1S/C59H106NO8P/c1-3-5-7-9-11-13-15-17-19-21-22-23-24-25-26-27-28-29-30-31-32-33-34-36-37-39-41-43-45-47-49-51-58(61)65-55-57(56-67-69(63,64)66-54-53-60)68-59(62)52-50-48-46-44-42-40-38-35-20-18-16-14-12-10-8-6-4-2/h6,8,12,14-15,17-18,20-22,38,40,57H,3-5,7,9-11,13,16,19,23-37,39,41-56,60H2,1-2H3,(H,63,64)/b8-6-,14-12-,17-15-,20-18-,22-21-,40-38-. The third-order valence-electron chi connectivity index (χ3n) is 12.1. The molecule has 400 valence electrons. The van der Waals surface area contributed by atoms with Gasteiger partial charge in [-0.2, -0.15) is 0 Å². The Kier molecular flexibility index (Phi) is 52.8. The molecular weight excluding hydrogens is 882 g/mol. The predicted octanol–water partition coefficient (Wildman–Crippen LogP) is 17.7. The molecule has 69 heavy (non-hydrogen) atoms. The van der Waals surface area contributed by atoms with Gasteiger partial charge >= 0.3 is 19.8 Å². The fraction of sp³-hybridized carbons (Fsp3) is 0.763. The van der Waals surface area contributed by atoms with E-state index in [0.717, 1.165) is 77.0 Å². The van der Waals surface area contributed by atoms with E-state index in [1.807, 2.05) is 0 Å². The lowest BCUT2D eigenvalue weighted by Gasteiger charge is -2.19. The summed E-state index contributed by atoms with van der Waals surface area (Å²) in [6.07, 6.45) is 69.7. The van der Waals surface area contributed by atoms with Crippen molar-refractivity contribution in [1.29, 1.82) is 0 Å². The molecule has 0 saturated carbocycles. The summed E-state index contributed by atoms with van der Waals surface area (Å²) in [7, 11) is -4.39. The summed E-state index contributed by atoms with van der Waals surface area (Å²) in [5.74, 6) is -0.851. The number of unbranched alkanes of at least 4 members (excludes halogenated alkanes) is 28. The van der Waals surface area contributed by atoms with Crippen LogP contribution in [0.15, 0.2) is 72.9 Å². The lowest BCUT2D eigenvalue weighted by molar-refractivity contribution is -0.161. The average Bonchev–Trinajstić information content (AvgIpc) is 3.34.